The number of methoxy groups -OCH3 is 1. The van der Waals surface area contributed by atoms with Crippen molar-refractivity contribution in [3.05, 3.63) is 46.1 Å². The van der Waals surface area contributed by atoms with E-state index in [2.05, 4.69) is 21.6 Å². The largest absolute Gasteiger partial charge is 0.493 e. The number of benzene rings is 1. The fourth-order valence-corrected chi connectivity index (χ4v) is 6.30. The molecular weight excluding hydrogens is 482 g/mol. The van der Waals surface area contributed by atoms with Crippen LogP contribution in [0.15, 0.2) is 29.4 Å². The van der Waals surface area contributed by atoms with Gasteiger partial charge in [0.2, 0.25) is 5.91 Å². The first-order valence-corrected chi connectivity index (χ1v) is 13.4. The molecule has 10 heteroatoms. The lowest BCUT2D eigenvalue weighted by atomic mass is 9.96. The molecule has 1 aromatic carbocycles. The lowest BCUT2D eigenvalue weighted by Crippen LogP contribution is -2.16. The molecular formula is C25H29N5O3S2. The van der Waals surface area contributed by atoms with Crippen molar-refractivity contribution in [1.82, 2.24) is 14.8 Å². The highest BCUT2D eigenvalue weighted by molar-refractivity contribution is 7.99. The van der Waals surface area contributed by atoms with Gasteiger partial charge >= 0.3 is 0 Å². The molecule has 0 fully saturated rings. The van der Waals surface area contributed by atoms with Gasteiger partial charge in [-0.05, 0) is 64.2 Å². The first-order valence-electron chi connectivity index (χ1n) is 11.6. The number of hydrogen-bond acceptors (Lipinski definition) is 8. The molecule has 8 nitrogen and oxygen atoms in total. The molecule has 2 heterocycles. The summed E-state index contributed by atoms with van der Waals surface area (Å²) in [4.78, 5) is 14.0. The fourth-order valence-electron chi connectivity index (χ4n) is 4.17. The van der Waals surface area contributed by atoms with Crippen LogP contribution >= 0.6 is 23.1 Å². The molecule has 1 unspecified atom stereocenters. The topological polar surface area (TPSA) is 102 Å². The van der Waals surface area contributed by atoms with E-state index in [1.807, 2.05) is 49.6 Å². The van der Waals surface area contributed by atoms with Gasteiger partial charge < -0.3 is 19.4 Å². The summed E-state index contributed by atoms with van der Waals surface area (Å²) in [5.74, 6) is 1.95. The van der Waals surface area contributed by atoms with Crippen molar-refractivity contribution in [2.75, 3.05) is 18.2 Å². The van der Waals surface area contributed by atoms with Gasteiger partial charge in [-0.3, -0.25) is 4.79 Å². The van der Waals surface area contributed by atoms with Gasteiger partial charge in [-0.2, -0.15) is 5.26 Å². The van der Waals surface area contributed by atoms with Crippen molar-refractivity contribution in [1.29, 1.82) is 5.26 Å². The molecule has 184 valence electrons. The molecule has 1 N–H and O–H groups in total. The van der Waals surface area contributed by atoms with Crippen molar-refractivity contribution < 1.29 is 14.3 Å². The van der Waals surface area contributed by atoms with Gasteiger partial charge in [0, 0.05) is 10.9 Å². The van der Waals surface area contributed by atoms with Crippen LogP contribution in [0.2, 0.25) is 0 Å². The molecule has 3 aromatic rings. The monoisotopic (exact) mass is 511 g/mol. The number of nitrogens with zero attached hydrogens (tertiary/aromatic N) is 4. The lowest BCUT2D eigenvalue weighted by Gasteiger charge is -2.19. The van der Waals surface area contributed by atoms with Crippen LogP contribution in [0.3, 0.4) is 0 Å². The minimum absolute atomic E-state index is 0.0727. The maximum absolute atomic E-state index is 12.8. The zero-order chi connectivity index (χ0) is 24.9. The molecule has 0 bridgehead atoms. The SMILES string of the molecule is COc1ccccc1OC(C)c1nnc(SCC(=O)Nc2sc3c(c2C#N)CCCC3)n1C(C)C. The van der Waals surface area contributed by atoms with E-state index in [0.717, 1.165) is 31.2 Å². The predicted molar refractivity (Wildman–Crippen MR) is 137 cm³/mol. The fraction of sp³-hybridized carbons (Fsp3) is 0.440. The summed E-state index contributed by atoms with van der Waals surface area (Å²) in [6.07, 6.45) is 3.74. The van der Waals surface area contributed by atoms with Crippen LogP contribution in [-0.4, -0.2) is 33.5 Å². The number of para-hydroxylation sites is 2. The maximum atomic E-state index is 12.8. The third-order valence-corrected chi connectivity index (χ3v) is 7.96. The van der Waals surface area contributed by atoms with E-state index in [1.54, 1.807) is 7.11 Å². The van der Waals surface area contributed by atoms with Crippen molar-refractivity contribution in [3.8, 4) is 17.6 Å². The van der Waals surface area contributed by atoms with E-state index in [9.17, 15) is 10.1 Å². The van der Waals surface area contributed by atoms with Crippen molar-refractivity contribution in [2.24, 2.45) is 0 Å². The molecule has 0 spiro atoms. The summed E-state index contributed by atoms with van der Waals surface area (Å²) >= 11 is 2.85. The lowest BCUT2D eigenvalue weighted by molar-refractivity contribution is -0.113. The van der Waals surface area contributed by atoms with E-state index >= 15 is 0 Å². The number of carbonyl (C=O) groups is 1. The third-order valence-electron chi connectivity index (χ3n) is 5.81. The van der Waals surface area contributed by atoms with Gasteiger partial charge in [-0.15, -0.1) is 21.5 Å². The van der Waals surface area contributed by atoms with Crippen molar-refractivity contribution in [3.63, 3.8) is 0 Å². The smallest absolute Gasteiger partial charge is 0.235 e. The molecule has 1 aliphatic rings. The Hall–Kier alpha value is -3.03. The zero-order valence-electron chi connectivity index (χ0n) is 20.3. The number of anilines is 1. The number of ether oxygens (including phenoxy) is 2. The standard InChI is InChI=1S/C25H29N5O3S2/c1-15(2)30-23(16(3)33-20-11-7-6-10-19(20)32-4)28-29-25(30)34-14-22(31)27-24-18(13-26)17-9-5-8-12-21(17)35-24/h6-7,10-11,15-16H,5,8-9,12,14H2,1-4H3,(H,27,31). The van der Waals surface area contributed by atoms with Crippen LogP contribution in [0.1, 0.15) is 67.6 Å². The minimum atomic E-state index is -0.375. The number of nitrogens with one attached hydrogen (secondary N) is 1. The van der Waals surface area contributed by atoms with Gasteiger partial charge in [-0.1, -0.05) is 23.9 Å². The summed E-state index contributed by atoms with van der Waals surface area (Å²) in [5.41, 5.74) is 1.73. The Morgan fingerprint density at radius 1 is 1.23 bits per heavy atom. The third kappa shape index (κ3) is 5.46. The number of amides is 1. The quantitative estimate of drug-likeness (QED) is 0.376. The van der Waals surface area contributed by atoms with Crippen LogP contribution in [0.25, 0.3) is 0 Å². The van der Waals surface area contributed by atoms with E-state index in [-0.39, 0.29) is 23.8 Å². The number of rotatable bonds is 9. The molecule has 0 saturated carbocycles. The highest BCUT2D eigenvalue weighted by Crippen LogP contribution is 2.38. The van der Waals surface area contributed by atoms with E-state index in [4.69, 9.17) is 9.47 Å². The highest BCUT2D eigenvalue weighted by Gasteiger charge is 2.24. The van der Waals surface area contributed by atoms with Gasteiger partial charge in [0.05, 0.1) is 18.4 Å². The van der Waals surface area contributed by atoms with Crippen molar-refractivity contribution in [2.45, 2.75) is 63.8 Å². The molecule has 0 saturated heterocycles. The summed E-state index contributed by atoms with van der Waals surface area (Å²) < 4.78 is 13.5. The molecule has 1 amide bonds. The molecule has 35 heavy (non-hydrogen) atoms. The molecule has 0 radical (unpaired) electrons. The van der Waals surface area contributed by atoms with Gasteiger partial charge in [0.25, 0.3) is 0 Å². The number of aryl methyl sites for hydroxylation is 1. The Morgan fingerprint density at radius 3 is 2.69 bits per heavy atom. The normalized spacial score (nSPS) is 13.7. The summed E-state index contributed by atoms with van der Waals surface area (Å²) in [5, 5.41) is 22.6. The Morgan fingerprint density at radius 2 is 1.97 bits per heavy atom. The van der Waals surface area contributed by atoms with Gasteiger partial charge in [0.15, 0.2) is 28.6 Å². The predicted octanol–water partition coefficient (Wildman–Crippen LogP) is 5.55. The number of thiophene rings is 1. The summed E-state index contributed by atoms with van der Waals surface area (Å²) in [6, 6.07) is 9.83. The van der Waals surface area contributed by atoms with E-state index in [0.29, 0.717) is 33.0 Å². The average molecular weight is 512 g/mol. The number of aromatic nitrogens is 3. The molecule has 1 atom stereocenters. The van der Waals surface area contributed by atoms with Gasteiger partial charge in [-0.25, -0.2) is 0 Å². The Kier molecular flexibility index (Phi) is 7.98. The maximum Gasteiger partial charge on any atom is 0.235 e. The molecule has 1 aliphatic carbocycles. The minimum Gasteiger partial charge on any atom is -0.493 e. The van der Waals surface area contributed by atoms with Crippen LogP contribution in [0.5, 0.6) is 11.5 Å². The van der Waals surface area contributed by atoms with Crippen LogP contribution in [0, 0.1) is 11.3 Å². The van der Waals surface area contributed by atoms with Crippen LogP contribution in [-0.2, 0) is 17.6 Å². The second-order valence-corrected chi connectivity index (χ2v) is 10.6. The second kappa shape index (κ2) is 11.1. The number of fused-ring (bicyclic) bond motifs is 1. The number of carbonyl (C=O) groups excluding carboxylic acids is 1. The van der Waals surface area contributed by atoms with Crippen molar-refractivity contribution >= 4 is 34.0 Å². The summed E-state index contributed by atoms with van der Waals surface area (Å²) in [7, 11) is 1.61. The summed E-state index contributed by atoms with van der Waals surface area (Å²) in [6.45, 7) is 6.00. The average Bonchev–Trinajstić information content (AvgIpc) is 3.44. The number of hydrogen-bond donors (Lipinski definition) is 1. The number of nitriles is 1. The first kappa shape index (κ1) is 25.1. The highest BCUT2D eigenvalue weighted by atomic mass is 32.2. The Balaban J connectivity index is 1.45. The van der Waals surface area contributed by atoms with E-state index < -0.39 is 0 Å². The van der Waals surface area contributed by atoms with Crippen LogP contribution < -0.4 is 14.8 Å². The second-order valence-electron chi connectivity index (χ2n) is 8.58. The molecule has 2 aromatic heterocycles. The van der Waals surface area contributed by atoms with Gasteiger partial charge in [0.1, 0.15) is 11.1 Å². The molecule has 0 aliphatic heterocycles. The Labute approximate surface area is 213 Å². The van der Waals surface area contributed by atoms with Crippen LogP contribution in [0.4, 0.5) is 5.00 Å². The zero-order valence-corrected chi connectivity index (χ0v) is 22.0. The Bertz CT molecular complexity index is 1240. The molecule has 4 rings (SSSR count). The van der Waals surface area contributed by atoms with E-state index in [1.165, 1.54) is 28.0 Å². The first-order chi connectivity index (χ1) is 16.9. The number of thioether (sulfide) groups is 1.